The van der Waals surface area contributed by atoms with Gasteiger partial charge in [0, 0.05) is 0 Å². The van der Waals surface area contributed by atoms with Gasteiger partial charge in [-0.2, -0.15) is 0 Å². The van der Waals surface area contributed by atoms with Crippen molar-refractivity contribution in [3.8, 4) is 16.9 Å². The van der Waals surface area contributed by atoms with Crippen LogP contribution in [0.2, 0.25) is 0 Å². The van der Waals surface area contributed by atoms with E-state index in [2.05, 4.69) is 12.1 Å². The van der Waals surface area contributed by atoms with Crippen molar-refractivity contribution < 1.29 is 9.53 Å². The summed E-state index contributed by atoms with van der Waals surface area (Å²) in [4.78, 5) is 11.1. The fraction of sp³-hybridized carbons (Fsp3) is 0.188. The molecule has 0 bridgehead atoms. The molecule has 0 spiro atoms. The van der Waals surface area contributed by atoms with Crippen LogP contribution in [0.1, 0.15) is 13.8 Å². The molecule has 18 heavy (non-hydrogen) atoms. The van der Waals surface area contributed by atoms with Gasteiger partial charge in [-0.05, 0) is 37.1 Å². The number of ketones is 1. The minimum Gasteiger partial charge on any atom is -0.483 e. The third-order valence-electron chi connectivity index (χ3n) is 2.85. The van der Waals surface area contributed by atoms with Gasteiger partial charge in [-0.25, -0.2) is 0 Å². The van der Waals surface area contributed by atoms with Gasteiger partial charge in [-0.15, -0.1) is 0 Å². The molecule has 2 aromatic rings. The monoisotopic (exact) mass is 240 g/mol. The molecule has 0 N–H and O–H groups in total. The second-order valence-corrected chi connectivity index (χ2v) is 4.26. The number of carbonyl (C=O) groups excluding carboxylic acids is 1. The third kappa shape index (κ3) is 2.98. The largest absolute Gasteiger partial charge is 0.483 e. The number of hydrogen-bond donors (Lipinski definition) is 0. The minimum absolute atomic E-state index is 0.0298. The van der Waals surface area contributed by atoms with Gasteiger partial charge in [0.2, 0.25) is 0 Å². The first kappa shape index (κ1) is 12.4. The number of benzene rings is 2. The van der Waals surface area contributed by atoms with Crippen LogP contribution in [-0.4, -0.2) is 11.9 Å². The molecule has 0 heterocycles. The summed E-state index contributed by atoms with van der Waals surface area (Å²) in [5.41, 5.74) is 2.31. The Morgan fingerprint density at radius 3 is 2.06 bits per heavy atom. The molecule has 0 aliphatic rings. The third-order valence-corrected chi connectivity index (χ3v) is 2.85. The van der Waals surface area contributed by atoms with Gasteiger partial charge in [-0.1, -0.05) is 42.5 Å². The summed E-state index contributed by atoms with van der Waals surface area (Å²) in [6, 6.07) is 17.9. The lowest BCUT2D eigenvalue weighted by atomic mass is 10.1. The molecule has 1 unspecified atom stereocenters. The van der Waals surface area contributed by atoms with E-state index in [1.807, 2.05) is 42.5 Å². The Morgan fingerprint density at radius 1 is 0.944 bits per heavy atom. The van der Waals surface area contributed by atoms with Crippen LogP contribution in [0.15, 0.2) is 54.6 Å². The highest BCUT2D eigenvalue weighted by molar-refractivity contribution is 5.80. The zero-order valence-corrected chi connectivity index (χ0v) is 10.6. The molecule has 2 rings (SSSR count). The molecule has 0 saturated carbocycles. The Kier molecular flexibility index (Phi) is 3.78. The predicted octanol–water partition coefficient (Wildman–Crippen LogP) is 3.71. The summed E-state index contributed by atoms with van der Waals surface area (Å²) >= 11 is 0. The van der Waals surface area contributed by atoms with Crippen molar-refractivity contribution >= 4 is 5.78 Å². The molecule has 1 atom stereocenters. The highest BCUT2D eigenvalue weighted by Crippen LogP contribution is 2.22. The standard InChI is InChI=1S/C16H16O2/c1-12(17)13(2)18-16-10-8-15(9-11-16)14-6-4-3-5-7-14/h3-11,13H,1-2H3. The average Bonchev–Trinajstić information content (AvgIpc) is 2.40. The van der Waals surface area contributed by atoms with Crippen LogP contribution in [0.25, 0.3) is 11.1 Å². The summed E-state index contributed by atoms with van der Waals surface area (Å²) in [7, 11) is 0. The molecule has 0 fully saturated rings. The molecule has 0 saturated heterocycles. The van der Waals surface area contributed by atoms with Gasteiger partial charge >= 0.3 is 0 Å². The van der Waals surface area contributed by atoms with E-state index in [4.69, 9.17) is 4.74 Å². The summed E-state index contributed by atoms with van der Waals surface area (Å²) < 4.78 is 5.52. The Morgan fingerprint density at radius 2 is 1.50 bits per heavy atom. The van der Waals surface area contributed by atoms with E-state index in [1.165, 1.54) is 12.5 Å². The lowest BCUT2D eigenvalue weighted by Gasteiger charge is -2.11. The van der Waals surface area contributed by atoms with Gasteiger partial charge in [0.1, 0.15) is 5.75 Å². The molecule has 0 aliphatic carbocycles. The van der Waals surface area contributed by atoms with E-state index < -0.39 is 6.10 Å². The van der Waals surface area contributed by atoms with E-state index in [9.17, 15) is 4.79 Å². The van der Waals surface area contributed by atoms with Gasteiger partial charge in [0.15, 0.2) is 11.9 Å². The number of carbonyl (C=O) groups is 1. The first-order chi connectivity index (χ1) is 8.66. The minimum atomic E-state index is -0.396. The van der Waals surface area contributed by atoms with E-state index in [1.54, 1.807) is 6.92 Å². The molecule has 92 valence electrons. The van der Waals surface area contributed by atoms with Crippen molar-refractivity contribution in [2.45, 2.75) is 20.0 Å². The molecule has 2 nitrogen and oxygen atoms in total. The summed E-state index contributed by atoms with van der Waals surface area (Å²) in [5, 5.41) is 0. The molecular formula is C16H16O2. The van der Waals surface area contributed by atoms with Crippen molar-refractivity contribution in [3.63, 3.8) is 0 Å². The molecule has 0 aromatic heterocycles. The van der Waals surface area contributed by atoms with Crippen molar-refractivity contribution in [2.24, 2.45) is 0 Å². The van der Waals surface area contributed by atoms with Crippen LogP contribution in [0.4, 0.5) is 0 Å². The molecular weight excluding hydrogens is 224 g/mol. The fourth-order valence-electron chi connectivity index (χ4n) is 1.64. The zero-order chi connectivity index (χ0) is 13.0. The van der Waals surface area contributed by atoms with E-state index >= 15 is 0 Å². The van der Waals surface area contributed by atoms with Crippen molar-refractivity contribution in [3.05, 3.63) is 54.6 Å². The van der Waals surface area contributed by atoms with Crippen LogP contribution in [0.5, 0.6) is 5.75 Å². The van der Waals surface area contributed by atoms with Gasteiger partial charge in [0.05, 0.1) is 0 Å². The maximum absolute atomic E-state index is 11.1. The Bertz CT molecular complexity index is 515. The topological polar surface area (TPSA) is 26.3 Å². The molecule has 2 heteroatoms. The van der Waals surface area contributed by atoms with Crippen molar-refractivity contribution in [1.82, 2.24) is 0 Å². The number of Topliss-reactive ketones (excluding diaryl/α,β-unsaturated/α-hetero) is 1. The smallest absolute Gasteiger partial charge is 0.169 e. The number of rotatable bonds is 4. The van der Waals surface area contributed by atoms with Crippen LogP contribution < -0.4 is 4.74 Å². The van der Waals surface area contributed by atoms with Crippen molar-refractivity contribution in [2.75, 3.05) is 0 Å². The van der Waals surface area contributed by atoms with Gasteiger partial charge < -0.3 is 4.74 Å². The average molecular weight is 240 g/mol. The van der Waals surface area contributed by atoms with Crippen LogP contribution >= 0.6 is 0 Å². The second-order valence-electron chi connectivity index (χ2n) is 4.26. The normalized spacial score (nSPS) is 11.9. The summed E-state index contributed by atoms with van der Waals surface area (Å²) in [5.74, 6) is 0.750. The predicted molar refractivity (Wildman–Crippen MR) is 72.6 cm³/mol. The maximum atomic E-state index is 11.1. The van der Waals surface area contributed by atoms with Gasteiger partial charge in [-0.3, -0.25) is 4.79 Å². The highest BCUT2D eigenvalue weighted by Gasteiger charge is 2.08. The second kappa shape index (κ2) is 5.50. The first-order valence-electron chi connectivity index (χ1n) is 5.99. The van der Waals surface area contributed by atoms with E-state index in [0.717, 1.165) is 11.3 Å². The van der Waals surface area contributed by atoms with E-state index in [0.29, 0.717) is 0 Å². The summed E-state index contributed by atoms with van der Waals surface area (Å²) in [6.07, 6.45) is -0.396. The Labute approximate surface area is 107 Å². The van der Waals surface area contributed by atoms with Gasteiger partial charge in [0.25, 0.3) is 0 Å². The van der Waals surface area contributed by atoms with Crippen LogP contribution in [0.3, 0.4) is 0 Å². The Hall–Kier alpha value is -2.09. The number of hydrogen-bond acceptors (Lipinski definition) is 2. The van der Waals surface area contributed by atoms with Crippen molar-refractivity contribution in [1.29, 1.82) is 0 Å². The molecule has 0 radical (unpaired) electrons. The SMILES string of the molecule is CC(=O)C(C)Oc1ccc(-c2ccccc2)cc1. The maximum Gasteiger partial charge on any atom is 0.169 e. The molecule has 0 aliphatic heterocycles. The lowest BCUT2D eigenvalue weighted by molar-refractivity contribution is -0.122. The molecule has 2 aromatic carbocycles. The van der Waals surface area contributed by atoms with Crippen LogP contribution in [-0.2, 0) is 4.79 Å². The number of ether oxygens (including phenoxy) is 1. The lowest BCUT2D eigenvalue weighted by Crippen LogP contribution is -2.20. The van der Waals surface area contributed by atoms with Crippen LogP contribution in [0, 0.1) is 0 Å². The van der Waals surface area contributed by atoms with E-state index in [-0.39, 0.29) is 5.78 Å². The Balaban J connectivity index is 2.13. The fourth-order valence-corrected chi connectivity index (χ4v) is 1.64. The highest BCUT2D eigenvalue weighted by atomic mass is 16.5. The zero-order valence-electron chi connectivity index (χ0n) is 10.6. The quantitative estimate of drug-likeness (QED) is 0.814. The molecule has 0 amide bonds. The summed E-state index contributed by atoms with van der Waals surface area (Å²) in [6.45, 7) is 3.29. The first-order valence-corrected chi connectivity index (χ1v) is 5.99.